The molecule has 0 aromatic heterocycles. The fraction of sp³-hybridized carbons (Fsp3) is 0.462. The fourth-order valence-electron chi connectivity index (χ4n) is 1.58. The van der Waals surface area contributed by atoms with Crippen molar-refractivity contribution >= 4 is 11.7 Å². The average Bonchev–Trinajstić information content (AvgIpc) is 2.30. The van der Waals surface area contributed by atoms with Gasteiger partial charge < -0.3 is 15.2 Å². The molecular weight excluding hydrogens is 218 g/mol. The summed E-state index contributed by atoms with van der Waals surface area (Å²) in [5, 5.41) is 12.2. The van der Waals surface area contributed by atoms with Crippen LogP contribution in [0.15, 0.2) is 24.3 Å². The topological polar surface area (TPSA) is 58.6 Å². The van der Waals surface area contributed by atoms with Gasteiger partial charge in [0.05, 0.1) is 6.61 Å². The van der Waals surface area contributed by atoms with E-state index < -0.39 is 11.5 Å². The summed E-state index contributed by atoms with van der Waals surface area (Å²) in [6, 6.07) is 7.74. The van der Waals surface area contributed by atoms with Gasteiger partial charge in [0.25, 0.3) is 0 Å². The zero-order chi connectivity index (χ0) is 12.9. The average molecular weight is 237 g/mol. The number of carboxylic acids is 1. The molecule has 0 saturated carbocycles. The number of rotatable bonds is 6. The molecule has 2 N–H and O–H groups in total. The Morgan fingerprint density at radius 2 is 2.00 bits per heavy atom. The van der Waals surface area contributed by atoms with E-state index in [0.717, 1.165) is 12.1 Å². The number of hydrogen-bond acceptors (Lipinski definition) is 3. The third-order valence-corrected chi connectivity index (χ3v) is 2.69. The zero-order valence-electron chi connectivity index (χ0n) is 10.5. The second-order valence-corrected chi connectivity index (χ2v) is 4.25. The largest absolute Gasteiger partial charge is 0.479 e. The summed E-state index contributed by atoms with van der Waals surface area (Å²) in [5.74, 6) is -0.932. The Morgan fingerprint density at radius 1 is 1.41 bits per heavy atom. The van der Waals surface area contributed by atoms with Gasteiger partial charge in [-0.15, -0.1) is 0 Å². The quantitative estimate of drug-likeness (QED) is 0.796. The Hall–Kier alpha value is -1.55. The highest BCUT2D eigenvalue weighted by molar-refractivity contribution is 5.82. The van der Waals surface area contributed by atoms with Crippen LogP contribution in [0.4, 0.5) is 5.69 Å². The van der Waals surface area contributed by atoms with Crippen molar-refractivity contribution in [2.75, 3.05) is 19.0 Å². The van der Waals surface area contributed by atoms with Crippen LogP contribution in [0.5, 0.6) is 0 Å². The number of methoxy groups -OCH3 is 1. The Labute approximate surface area is 102 Å². The summed E-state index contributed by atoms with van der Waals surface area (Å²) in [5.41, 5.74) is 0.895. The van der Waals surface area contributed by atoms with Gasteiger partial charge in [-0.3, -0.25) is 0 Å². The Kier molecular flexibility index (Phi) is 4.52. The van der Waals surface area contributed by atoms with Crippen molar-refractivity contribution in [1.82, 2.24) is 0 Å². The summed E-state index contributed by atoms with van der Waals surface area (Å²) in [6.07, 6.45) is 0.967. The van der Waals surface area contributed by atoms with Crippen molar-refractivity contribution in [1.29, 1.82) is 0 Å². The predicted molar refractivity (Wildman–Crippen MR) is 67.4 cm³/mol. The number of carboxylic acid groups (broad SMARTS) is 1. The molecule has 0 fully saturated rings. The van der Waals surface area contributed by atoms with Gasteiger partial charge in [-0.2, -0.15) is 0 Å². The lowest BCUT2D eigenvalue weighted by Gasteiger charge is -2.26. The minimum absolute atomic E-state index is 0.109. The molecule has 17 heavy (non-hydrogen) atoms. The maximum atomic E-state index is 11.2. The van der Waals surface area contributed by atoms with Gasteiger partial charge in [0.2, 0.25) is 0 Å². The van der Waals surface area contributed by atoms with Crippen molar-refractivity contribution in [3.05, 3.63) is 29.8 Å². The number of carbonyl (C=O) groups is 1. The molecule has 1 rings (SSSR count). The number of aryl methyl sites for hydroxylation is 1. The highest BCUT2D eigenvalue weighted by Crippen LogP contribution is 2.17. The van der Waals surface area contributed by atoms with Gasteiger partial charge in [-0.25, -0.2) is 4.79 Å². The van der Waals surface area contributed by atoms with E-state index in [-0.39, 0.29) is 6.61 Å². The van der Waals surface area contributed by atoms with E-state index in [1.165, 1.54) is 12.7 Å². The molecule has 0 aliphatic heterocycles. The van der Waals surface area contributed by atoms with Crippen LogP contribution in [0.1, 0.15) is 19.4 Å². The van der Waals surface area contributed by atoms with E-state index in [2.05, 4.69) is 12.2 Å². The van der Waals surface area contributed by atoms with E-state index in [1.807, 2.05) is 24.3 Å². The highest BCUT2D eigenvalue weighted by Gasteiger charge is 2.32. The monoisotopic (exact) mass is 237 g/mol. The second kappa shape index (κ2) is 5.68. The summed E-state index contributed by atoms with van der Waals surface area (Å²) in [6.45, 7) is 3.79. The molecule has 1 aromatic rings. The number of hydrogen-bond donors (Lipinski definition) is 2. The number of benzene rings is 1. The molecule has 0 aliphatic carbocycles. The standard InChI is InChI=1S/C13H19NO3/c1-4-10-5-7-11(8-6-10)14-13(2,9-17-3)12(15)16/h5-8,14H,4,9H2,1-3H3,(H,15,16). The minimum atomic E-state index is -1.11. The number of aliphatic carboxylic acids is 1. The molecule has 1 unspecified atom stereocenters. The van der Waals surface area contributed by atoms with Crippen molar-refractivity contribution in [3.63, 3.8) is 0 Å². The van der Waals surface area contributed by atoms with Crippen LogP contribution in [-0.4, -0.2) is 30.3 Å². The second-order valence-electron chi connectivity index (χ2n) is 4.25. The van der Waals surface area contributed by atoms with E-state index >= 15 is 0 Å². The predicted octanol–water partition coefficient (Wildman–Crippen LogP) is 2.15. The Bertz CT molecular complexity index is 375. The van der Waals surface area contributed by atoms with Crippen LogP contribution in [-0.2, 0) is 16.0 Å². The van der Waals surface area contributed by atoms with Gasteiger partial charge >= 0.3 is 5.97 Å². The SMILES string of the molecule is CCc1ccc(NC(C)(COC)C(=O)O)cc1. The highest BCUT2D eigenvalue weighted by atomic mass is 16.5. The van der Waals surface area contributed by atoms with Gasteiger partial charge in [-0.1, -0.05) is 19.1 Å². The summed E-state index contributed by atoms with van der Waals surface area (Å²) in [4.78, 5) is 11.2. The molecule has 0 radical (unpaired) electrons. The van der Waals surface area contributed by atoms with Gasteiger partial charge in [0, 0.05) is 12.8 Å². The molecule has 0 bridgehead atoms. The van der Waals surface area contributed by atoms with Gasteiger partial charge in [-0.05, 0) is 31.0 Å². The van der Waals surface area contributed by atoms with Crippen LogP contribution >= 0.6 is 0 Å². The van der Waals surface area contributed by atoms with Crippen molar-refractivity contribution in [3.8, 4) is 0 Å². The Balaban J connectivity index is 2.82. The minimum Gasteiger partial charge on any atom is -0.479 e. The molecule has 94 valence electrons. The maximum Gasteiger partial charge on any atom is 0.331 e. The van der Waals surface area contributed by atoms with E-state index in [1.54, 1.807) is 6.92 Å². The van der Waals surface area contributed by atoms with Crippen LogP contribution in [0.2, 0.25) is 0 Å². The first-order chi connectivity index (χ1) is 8.01. The summed E-state index contributed by atoms with van der Waals surface area (Å²) in [7, 11) is 1.49. The molecule has 0 amide bonds. The third-order valence-electron chi connectivity index (χ3n) is 2.69. The molecule has 1 atom stereocenters. The molecule has 0 aliphatic rings. The van der Waals surface area contributed by atoms with Crippen LogP contribution in [0.25, 0.3) is 0 Å². The molecule has 4 heteroatoms. The van der Waals surface area contributed by atoms with Gasteiger partial charge in [0.15, 0.2) is 5.54 Å². The smallest absolute Gasteiger partial charge is 0.331 e. The number of ether oxygens (including phenoxy) is 1. The molecular formula is C13H19NO3. The summed E-state index contributed by atoms with van der Waals surface area (Å²) >= 11 is 0. The lowest BCUT2D eigenvalue weighted by atomic mass is 10.0. The Morgan fingerprint density at radius 3 is 2.41 bits per heavy atom. The first-order valence-corrected chi connectivity index (χ1v) is 5.61. The fourth-order valence-corrected chi connectivity index (χ4v) is 1.58. The lowest BCUT2D eigenvalue weighted by molar-refractivity contribution is -0.143. The molecule has 0 saturated heterocycles. The molecule has 1 aromatic carbocycles. The first-order valence-electron chi connectivity index (χ1n) is 5.61. The van der Waals surface area contributed by atoms with Crippen molar-refractivity contribution in [2.24, 2.45) is 0 Å². The van der Waals surface area contributed by atoms with Gasteiger partial charge in [0.1, 0.15) is 0 Å². The number of nitrogens with one attached hydrogen (secondary N) is 1. The van der Waals surface area contributed by atoms with Crippen LogP contribution < -0.4 is 5.32 Å². The molecule has 0 spiro atoms. The molecule has 4 nitrogen and oxygen atoms in total. The van der Waals surface area contributed by atoms with Crippen molar-refractivity contribution in [2.45, 2.75) is 25.8 Å². The van der Waals surface area contributed by atoms with E-state index in [0.29, 0.717) is 0 Å². The van der Waals surface area contributed by atoms with Crippen LogP contribution in [0.3, 0.4) is 0 Å². The zero-order valence-corrected chi connectivity index (χ0v) is 10.5. The van der Waals surface area contributed by atoms with Crippen molar-refractivity contribution < 1.29 is 14.6 Å². The first kappa shape index (κ1) is 13.5. The maximum absolute atomic E-state index is 11.2. The molecule has 0 heterocycles. The van der Waals surface area contributed by atoms with E-state index in [4.69, 9.17) is 4.74 Å². The van der Waals surface area contributed by atoms with Crippen LogP contribution in [0, 0.1) is 0 Å². The normalized spacial score (nSPS) is 14.1. The summed E-state index contributed by atoms with van der Waals surface area (Å²) < 4.78 is 4.94. The third kappa shape index (κ3) is 3.46. The number of anilines is 1. The lowest BCUT2D eigenvalue weighted by Crippen LogP contribution is -2.47. The van der Waals surface area contributed by atoms with E-state index in [9.17, 15) is 9.90 Å².